The van der Waals surface area contributed by atoms with Crippen LogP contribution in [0.1, 0.15) is 34.7 Å². The van der Waals surface area contributed by atoms with Crippen LogP contribution in [0.4, 0.5) is 5.88 Å². The summed E-state index contributed by atoms with van der Waals surface area (Å²) in [5.41, 5.74) is 7.08. The fourth-order valence-corrected chi connectivity index (χ4v) is 4.38. The second-order valence-corrected chi connectivity index (χ2v) is 9.50. The van der Waals surface area contributed by atoms with Crippen molar-refractivity contribution in [3.63, 3.8) is 0 Å². The van der Waals surface area contributed by atoms with Crippen molar-refractivity contribution in [2.45, 2.75) is 27.4 Å². The highest BCUT2D eigenvalue weighted by molar-refractivity contribution is 5.90. The Morgan fingerprint density at radius 3 is 2.12 bits per heavy atom. The van der Waals surface area contributed by atoms with Gasteiger partial charge in [-0.05, 0) is 55.7 Å². The molecular formula is C35H30N2O3. The van der Waals surface area contributed by atoms with Gasteiger partial charge in [-0.25, -0.2) is 4.99 Å². The van der Waals surface area contributed by atoms with E-state index in [-0.39, 0.29) is 5.88 Å². The summed E-state index contributed by atoms with van der Waals surface area (Å²) in [6.07, 6.45) is 1.68. The molecule has 0 fully saturated rings. The van der Waals surface area contributed by atoms with E-state index >= 15 is 0 Å². The number of benzene rings is 4. The zero-order chi connectivity index (χ0) is 27.9. The molecule has 0 radical (unpaired) electrons. The third-order valence-electron chi connectivity index (χ3n) is 6.49. The highest BCUT2D eigenvalue weighted by atomic mass is 16.5. The van der Waals surface area contributed by atoms with Crippen molar-refractivity contribution in [1.29, 1.82) is 5.26 Å². The Morgan fingerprint density at radius 2 is 1.48 bits per heavy atom. The maximum Gasteiger partial charge on any atom is 0.238 e. The number of aryl methyl sites for hydroxylation is 2. The lowest BCUT2D eigenvalue weighted by Gasteiger charge is -2.12. The molecule has 4 aromatic carbocycles. The first-order valence-corrected chi connectivity index (χ1v) is 13.2. The molecule has 5 rings (SSSR count). The predicted octanol–water partition coefficient (Wildman–Crippen LogP) is 8.83. The van der Waals surface area contributed by atoms with Crippen molar-refractivity contribution < 1.29 is 13.9 Å². The SMILES string of the molecule is CCOc1cc(C=Nc2oc(-c3ccc(C)cc3)c(-c3ccc(C)cc3)c2C#N)ccc1OCc1ccccc1. The number of rotatable bonds is 9. The molecule has 198 valence electrons. The summed E-state index contributed by atoms with van der Waals surface area (Å²) < 4.78 is 18.2. The van der Waals surface area contributed by atoms with Crippen molar-refractivity contribution in [1.82, 2.24) is 0 Å². The maximum absolute atomic E-state index is 10.2. The van der Waals surface area contributed by atoms with Gasteiger partial charge in [0, 0.05) is 17.3 Å². The molecule has 40 heavy (non-hydrogen) atoms. The lowest BCUT2D eigenvalue weighted by atomic mass is 9.97. The molecule has 5 aromatic rings. The van der Waals surface area contributed by atoms with E-state index in [0.29, 0.717) is 36.0 Å². The van der Waals surface area contributed by atoms with Gasteiger partial charge in [-0.3, -0.25) is 0 Å². The topological polar surface area (TPSA) is 67.8 Å². The highest BCUT2D eigenvalue weighted by Gasteiger charge is 2.23. The Hall–Kier alpha value is -5.08. The van der Waals surface area contributed by atoms with E-state index in [2.05, 4.69) is 11.1 Å². The summed E-state index contributed by atoms with van der Waals surface area (Å²) in [4.78, 5) is 4.63. The van der Waals surface area contributed by atoms with Crippen LogP contribution in [0.5, 0.6) is 11.5 Å². The Labute approximate surface area is 235 Å². The number of furan rings is 1. The molecule has 1 aromatic heterocycles. The first-order chi connectivity index (χ1) is 19.6. The van der Waals surface area contributed by atoms with Gasteiger partial charge in [-0.2, -0.15) is 5.26 Å². The van der Waals surface area contributed by atoms with Crippen molar-refractivity contribution in [3.8, 4) is 40.0 Å². The number of nitrogens with zero attached hydrogens (tertiary/aromatic N) is 2. The quantitative estimate of drug-likeness (QED) is 0.180. The van der Waals surface area contributed by atoms with Crippen molar-refractivity contribution in [3.05, 3.63) is 125 Å². The van der Waals surface area contributed by atoms with Crippen LogP contribution in [0, 0.1) is 25.2 Å². The largest absolute Gasteiger partial charge is 0.490 e. The molecule has 1 heterocycles. The van der Waals surface area contributed by atoms with Gasteiger partial charge in [0.2, 0.25) is 5.88 Å². The van der Waals surface area contributed by atoms with Gasteiger partial charge in [0.15, 0.2) is 11.5 Å². The normalized spacial score (nSPS) is 10.9. The average Bonchev–Trinajstić information content (AvgIpc) is 3.35. The summed E-state index contributed by atoms with van der Waals surface area (Å²) in [5.74, 6) is 2.16. The van der Waals surface area contributed by atoms with Crippen molar-refractivity contribution in [2.75, 3.05) is 6.61 Å². The van der Waals surface area contributed by atoms with Crippen LogP contribution in [-0.4, -0.2) is 12.8 Å². The molecule has 0 aliphatic rings. The van der Waals surface area contributed by atoms with Crippen LogP contribution in [0.15, 0.2) is 106 Å². The zero-order valence-corrected chi connectivity index (χ0v) is 22.8. The fourth-order valence-electron chi connectivity index (χ4n) is 4.38. The van der Waals surface area contributed by atoms with Gasteiger partial charge >= 0.3 is 0 Å². The molecule has 0 amide bonds. The highest BCUT2D eigenvalue weighted by Crippen LogP contribution is 2.42. The molecule has 0 N–H and O–H groups in total. The fraction of sp³-hybridized carbons (Fsp3) is 0.143. The van der Waals surface area contributed by atoms with Crippen LogP contribution >= 0.6 is 0 Å². The lowest BCUT2D eigenvalue weighted by Crippen LogP contribution is -2.00. The van der Waals surface area contributed by atoms with Gasteiger partial charge in [0.25, 0.3) is 0 Å². The first-order valence-electron chi connectivity index (χ1n) is 13.2. The van der Waals surface area contributed by atoms with Crippen LogP contribution in [0.25, 0.3) is 22.5 Å². The molecule has 5 nitrogen and oxygen atoms in total. The number of hydrogen-bond donors (Lipinski definition) is 0. The number of ether oxygens (including phenoxy) is 2. The third-order valence-corrected chi connectivity index (χ3v) is 6.49. The smallest absolute Gasteiger partial charge is 0.238 e. The molecular weight excluding hydrogens is 496 g/mol. The van der Waals surface area contributed by atoms with E-state index in [1.807, 2.05) is 118 Å². The molecule has 0 saturated heterocycles. The average molecular weight is 527 g/mol. The van der Waals surface area contributed by atoms with Crippen molar-refractivity contribution >= 4 is 12.1 Å². The number of nitriles is 1. The molecule has 5 heteroatoms. The second kappa shape index (κ2) is 12.2. The van der Waals surface area contributed by atoms with Crippen LogP contribution in [0.2, 0.25) is 0 Å². The molecule has 0 aliphatic carbocycles. The van der Waals surface area contributed by atoms with Crippen LogP contribution < -0.4 is 9.47 Å². The van der Waals surface area contributed by atoms with E-state index in [4.69, 9.17) is 13.9 Å². The Kier molecular flexibility index (Phi) is 8.08. The lowest BCUT2D eigenvalue weighted by molar-refractivity contribution is 0.269. The summed E-state index contributed by atoms with van der Waals surface area (Å²) in [6, 6.07) is 34.1. The molecule has 0 aliphatic heterocycles. The summed E-state index contributed by atoms with van der Waals surface area (Å²) in [5, 5.41) is 10.2. The molecule has 0 bridgehead atoms. The molecule has 0 saturated carbocycles. The molecule has 0 unspecified atom stereocenters. The summed E-state index contributed by atoms with van der Waals surface area (Å²) in [7, 11) is 0. The van der Waals surface area contributed by atoms with E-state index in [0.717, 1.165) is 38.9 Å². The number of hydrogen-bond acceptors (Lipinski definition) is 5. The zero-order valence-electron chi connectivity index (χ0n) is 22.8. The minimum absolute atomic E-state index is 0.260. The van der Waals surface area contributed by atoms with Gasteiger partial charge in [-0.1, -0.05) is 90.0 Å². The number of aliphatic imine (C=N–C) groups is 1. The maximum atomic E-state index is 10.2. The van der Waals surface area contributed by atoms with Crippen LogP contribution in [-0.2, 0) is 6.61 Å². The Morgan fingerprint density at radius 1 is 0.800 bits per heavy atom. The Balaban J connectivity index is 1.50. The monoisotopic (exact) mass is 526 g/mol. The van der Waals surface area contributed by atoms with Gasteiger partial charge in [0.05, 0.1) is 6.61 Å². The van der Waals surface area contributed by atoms with Gasteiger partial charge < -0.3 is 13.9 Å². The summed E-state index contributed by atoms with van der Waals surface area (Å²) in [6.45, 7) is 6.95. The van der Waals surface area contributed by atoms with Gasteiger partial charge in [-0.15, -0.1) is 0 Å². The molecule has 0 spiro atoms. The van der Waals surface area contributed by atoms with Crippen molar-refractivity contribution in [2.24, 2.45) is 4.99 Å². The van der Waals surface area contributed by atoms with Crippen LogP contribution in [0.3, 0.4) is 0 Å². The van der Waals surface area contributed by atoms with E-state index < -0.39 is 0 Å². The Bertz CT molecular complexity index is 1660. The van der Waals surface area contributed by atoms with E-state index in [9.17, 15) is 5.26 Å². The minimum Gasteiger partial charge on any atom is -0.490 e. The third kappa shape index (κ3) is 5.98. The second-order valence-electron chi connectivity index (χ2n) is 9.50. The standard InChI is InChI=1S/C35H30N2O3/c1-4-38-32-20-27(14-19-31(32)39-23-26-8-6-5-7-9-26)22-37-35-30(21-36)33(28-15-10-24(2)11-16-28)34(40-35)29-17-12-25(3)13-18-29/h5-20,22H,4,23H2,1-3H3. The van der Waals surface area contributed by atoms with E-state index in [1.165, 1.54) is 0 Å². The summed E-state index contributed by atoms with van der Waals surface area (Å²) >= 11 is 0. The first kappa shape index (κ1) is 26.5. The predicted molar refractivity (Wildman–Crippen MR) is 159 cm³/mol. The van der Waals surface area contributed by atoms with Gasteiger partial charge in [0.1, 0.15) is 24.0 Å². The molecule has 0 atom stereocenters. The van der Waals surface area contributed by atoms with E-state index in [1.54, 1.807) is 6.21 Å². The minimum atomic E-state index is 0.260.